The number of allylic oxidation sites excluding steroid dienone is 1. The predicted octanol–water partition coefficient (Wildman–Crippen LogP) is 6.29. The number of unbranched alkanes of at least 4 members (excludes halogenated alkanes) is 1. The van der Waals surface area contributed by atoms with Gasteiger partial charge >= 0.3 is 0 Å². The molecule has 0 amide bonds. The van der Waals surface area contributed by atoms with Gasteiger partial charge in [0.2, 0.25) is 0 Å². The lowest BCUT2D eigenvalue weighted by molar-refractivity contribution is 0.825. The maximum absolute atomic E-state index is 2.37. The Labute approximate surface area is 129 Å². The molecule has 0 heteroatoms. The molecule has 2 aromatic rings. The largest absolute Gasteiger partial charge is 0.0654 e. The van der Waals surface area contributed by atoms with E-state index in [1.165, 1.54) is 40.7 Å². The summed E-state index contributed by atoms with van der Waals surface area (Å²) in [4.78, 5) is 0. The number of rotatable bonds is 6. The molecule has 0 heterocycles. The summed E-state index contributed by atoms with van der Waals surface area (Å²) in [7, 11) is 0. The van der Waals surface area contributed by atoms with E-state index in [9.17, 15) is 0 Å². The average Bonchev–Trinajstić information content (AvgIpc) is 2.53. The first kappa shape index (κ1) is 15.6. The van der Waals surface area contributed by atoms with Gasteiger partial charge in [-0.25, -0.2) is 0 Å². The van der Waals surface area contributed by atoms with Crippen molar-refractivity contribution in [3.8, 4) is 0 Å². The molecule has 0 bridgehead atoms. The number of hydrogen-bond donors (Lipinski definition) is 0. The quantitative estimate of drug-likeness (QED) is 0.545. The van der Waals surface area contributed by atoms with Gasteiger partial charge in [0.25, 0.3) is 0 Å². The third-order valence-corrected chi connectivity index (χ3v) is 4.05. The van der Waals surface area contributed by atoms with Crippen molar-refractivity contribution in [1.82, 2.24) is 0 Å². The zero-order chi connectivity index (χ0) is 15.1. The van der Waals surface area contributed by atoms with Gasteiger partial charge in [-0.1, -0.05) is 74.9 Å². The topological polar surface area (TPSA) is 0 Å². The molecule has 0 saturated carbocycles. The maximum Gasteiger partial charge on any atom is -0.0224 e. The lowest BCUT2D eigenvalue weighted by Gasteiger charge is -2.10. The van der Waals surface area contributed by atoms with Gasteiger partial charge in [-0.3, -0.25) is 0 Å². The highest BCUT2D eigenvalue weighted by atomic mass is 14.1. The van der Waals surface area contributed by atoms with Gasteiger partial charge in [0.15, 0.2) is 0 Å². The van der Waals surface area contributed by atoms with E-state index in [2.05, 4.69) is 75.4 Å². The van der Waals surface area contributed by atoms with Crippen LogP contribution in [0.2, 0.25) is 0 Å². The maximum atomic E-state index is 2.37. The van der Waals surface area contributed by atoms with E-state index < -0.39 is 0 Å². The van der Waals surface area contributed by atoms with Crippen molar-refractivity contribution in [2.45, 2.75) is 46.5 Å². The van der Waals surface area contributed by atoms with Crippen molar-refractivity contribution < 1.29 is 0 Å². The highest BCUT2D eigenvalue weighted by molar-refractivity contribution is 5.82. The van der Waals surface area contributed by atoms with Crippen LogP contribution in [0.25, 0.3) is 11.6 Å². The molecular formula is C21H26. The van der Waals surface area contributed by atoms with E-state index in [0.717, 1.165) is 12.8 Å². The minimum absolute atomic E-state index is 1.10. The minimum atomic E-state index is 1.10. The number of hydrogen-bond acceptors (Lipinski definition) is 0. The molecule has 0 aliphatic rings. The van der Waals surface area contributed by atoms with Crippen LogP contribution in [0, 0.1) is 6.92 Å². The summed E-state index contributed by atoms with van der Waals surface area (Å²) in [6.45, 7) is 6.64. The Kier molecular flexibility index (Phi) is 5.80. The van der Waals surface area contributed by atoms with E-state index in [0.29, 0.717) is 0 Å². The molecule has 2 rings (SSSR count). The first-order chi connectivity index (χ1) is 10.2. The minimum Gasteiger partial charge on any atom is -0.0654 e. The van der Waals surface area contributed by atoms with Crippen LogP contribution in [0.15, 0.2) is 48.5 Å². The second-order valence-electron chi connectivity index (χ2n) is 5.68. The molecule has 0 N–H and O–H groups in total. The SMILES string of the molecule is CCCCC(=Cc1ccccc1C)c1ccc(CC)cc1. The molecule has 0 fully saturated rings. The summed E-state index contributed by atoms with van der Waals surface area (Å²) in [6, 6.07) is 17.7. The van der Waals surface area contributed by atoms with Gasteiger partial charge < -0.3 is 0 Å². The van der Waals surface area contributed by atoms with Gasteiger partial charge in [0.1, 0.15) is 0 Å². The second kappa shape index (κ2) is 7.83. The van der Waals surface area contributed by atoms with Crippen LogP contribution in [0.3, 0.4) is 0 Å². The summed E-state index contributed by atoms with van der Waals surface area (Å²) < 4.78 is 0. The molecule has 0 unspecified atom stereocenters. The molecular weight excluding hydrogens is 252 g/mol. The smallest absolute Gasteiger partial charge is 0.0224 e. The summed E-state index contributed by atoms with van der Waals surface area (Å²) >= 11 is 0. The molecule has 0 nitrogen and oxygen atoms in total. The van der Waals surface area contributed by atoms with Crippen molar-refractivity contribution in [3.05, 3.63) is 70.8 Å². The summed E-state index contributed by atoms with van der Waals surface area (Å²) in [5.41, 5.74) is 6.90. The lowest BCUT2D eigenvalue weighted by Crippen LogP contribution is -1.89. The fourth-order valence-corrected chi connectivity index (χ4v) is 2.56. The second-order valence-corrected chi connectivity index (χ2v) is 5.68. The fourth-order valence-electron chi connectivity index (χ4n) is 2.56. The normalized spacial score (nSPS) is 11.7. The molecule has 0 spiro atoms. The third kappa shape index (κ3) is 4.32. The zero-order valence-corrected chi connectivity index (χ0v) is 13.5. The lowest BCUT2D eigenvalue weighted by atomic mass is 9.95. The summed E-state index contributed by atoms with van der Waals surface area (Å²) in [5, 5.41) is 0. The molecule has 110 valence electrons. The van der Waals surface area contributed by atoms with Crippen molar-refractivity contribution in [1.29, 1.82) is 0 Å². The molecule has 0 radical (unpaired) electrons. The van der Waals surface area contributed by atoms with E-state index in [1.54, 1.807) is 0 Å². The van der Waals surface area contributed by atoms with E-state index in [1.807, 2.05) is 0 Å². The molecule has 0 aromatic heterocycles. The van der Waals surface area contributed by atoms with E-state index in [-0.39, 0.29) is 0 Å². The number of benzene rings is 2. The van der Waals surface area contributed by atoms with Crippen LogP contribution in [0.4, 0.5) is 0 Å². The Morgan fingerprint density at radius 3 is 2.29 bits per heavy atom. The third-order valence-electron chi connectivity index (χ3n) is 4.05. The Balaban J connectivity index is 2.35. The fraction of sp³-hybridized carbons (Fsp3) is 0.333. The van der Waals surface area contributed by atoms with Crippen LogP contribution in [0.1, 0.15) is 55.4 Å². The Bertz CT molecular complexity index is 588. The van der Waals surface area contributed by atoms with Gasteiger partial charge in [0, 0.05) is 0 Å². The van der Waals surface area contributed by atoms with Gasteiger partial charge in [-0.05, 0) is 54.0 Å². The molecule has 0 aliphatic carbocycles. The van der Waals surface area contributed by atoms with Crippen LogP contribution < -0.4 is 0 Å². The van der Waals surface area contributed by atoms with Crippen molar-refractivity contribution in [2.75, 3.05) is 0 Å². The first-order valence-electron chi connectivity index (χ1n) is 8.10. The van der Waals surface area contributed by atoms with Crippen LogP contribution in [-0.2, 0) is 6.42 Å². The van der Waals surface area contributed by atoms with Gasteiger partial charge in [-0.15, -0.1) is 0 Å². The summed E-state index contributed by atoms with van der Waals surface area (Å²) in [6.07, 6.45) is 7.10. The van der Waals surface area contributed by atoms with Crippen molar-refractivity contribution >= 4 is 11.6 Å². The molecule has 21 heavy (non-hydrogen) atoms. The first-order valence-corrected chi connectivity index (χ1v) is 8.10. The van der Waals surface area contributed by atoms with E-state index >= 15 is 0 Å². The van der Waals surface area contributed by atoms with Crippen LogP contribution in [-0.4, -0.2) is 0 Å². The highest BCUT2D eigenvalue weighted by Crippen LogP contribution is 2.25. The Morgan fingerprint density at radius 1 is 0.952 bits per heavy atom. The molecule has 0 aliphatic heterocycles. The van der Waals surface area contributed by atoms with E-state index in [4.69, 9.17) is 0 Å². The van der Waals surface area contributed by atoms with Crippen LogP contribution in [0.5, 0.6) is 0 Å². The molecule has 0 saturated heterocycles. The van der Waals surface area contributed by atoms with Crippen molar-refractivity contribution in [3.63, 3.8) is 0 Å². The molecule has 2 aromatic carbocycles. The van der Waals surface area contributed by atoms with Gasteiger partial charge in [-0.2, -0.15) is 0 Å². The Morgan fingerprint density at radius 2 is 1.67 bits per heavy atom. The zero-order valence-electron chi connectivity index (χ0n) is 13.5. The van der Waals surface area contributed by atoms with Crippen LogP contribution >= 0.6 is 0 Å². The highest BCUT2D eigenvalue weighted by Gasteiger charge is 2.03. The van der Waals surface area contributed by atoms with Crippen molar-refractivity contribution in [2.24, 2.45) is 0 Å². The Hall–Kier alpha value is -1.82. The summed E-state index contributed by atoms with van der Waals surface area (Å²) in [5.74, 6) is 0. The standard InChI is InChI=1S/C21H26/c1-4-6-10-21(16-20-11-8-7-9-17(20)3)19-14-12-18(5-2)13-15-19/h7-9,11-16H,4-6,10H2,1-3H3. The monoisotopic (exact) mass is 278 g/mol. The molecule has 0 atom stereocenters. The average molecular weight is 278 g/mol. The number of aryl methyl sites for hydroxylation is 2. The van der Waals surface area contributed by atoms with Gasteiger partial charge in [0.05, 0.1) is 0 Å². The predicted molar refractivity (Wildman–Crippen MR) is 94.4 cm³/mol.